The normalized spacial score (nSPS) is 11.8. The summed E-state index contributed by atoms with van der Waals surface area (Å²) in [5.41, 5.74) is 3.64. The van der Waals surface area contributed by atoms with Crippen molar-refractivity contribution in [3.63, 3.8) is 0 Å². The maximum absolute atomic E-state index is 12.0. The number of benzene rings is 1. The molecule has 0 spiro atoms. The van der Waals surface area contributed by atoms with Crippen molar-refractivity contribution < 1.29 is 23.5 Å². The largest absolute Gasteiger partial charge is 0.464 e. The van der Waals surface area contributed by atoms with E-state index in [4.69, 9.17) is 9.15 Å². The van der Waals surface area contributed by atoms with Crippen molar-refractivity contribution in [3.05, 3.63) is 35.1 Å². The first-order valence-electron chi connectivity index (χ1n) is 8.51. The van der Waals surface area contributed by atoms with Crippen LogP contribution in [0.2, 0.25) is 0 Å². The molecule has 0 radical (unpaired) electrons. The Balaban J connectivity index is 1.88. The Morgan fingerprint density at radius 2 is 1.88 bits per heavy atom. The number of carbonyl (C=O) groups excluding carboxylic acids is 3. The minimum absolute atomic E-state index is 0.00859. The second-order valence-electron chi connectivity index (χ2n) is 6.21. The van der Waals surface area contributed by atoms with Crippen LogP contribution in [0.5, 0.6) is 0 Å². The van der Waals surface area contributed by atoms with Gasteiger partial charge in [0.15, 0.2) is 6.61 Å². The van der Waals surface area contributed by atoms with Crippen LogP contribution in [0.25, 0.3) is 11.0 Å². The second kappa shape index (κ2) is 8.51. The van der Waals surface area contributed by atoms with Gasteiger partial charge in [0.25, 0.3) is 5.91 Å². The fraction of sp³-hybridized carbons (Fsp3) is 0.421. The Bertz CT molecular complexity index is 825. The number of rotatable bonds is 7. The highest BCUT2D eigenvalue weighted by atomic mass is 16.5. The van der Waals surface area contributed by atoms with Crippen molar-refractivity contribution >= 4 is 28.8 Å². The van der Waals surface area contributed by atoms with E-state index >= 15 is 0 Å². The molecule has 140 valence electrons. The predicted molar refractivity (Wildman–Crippen MR) is 96.6 cm³/mol. The van der Waals surface area contributed by atoms with E-state index in [2.05, 4.69) is 10.6 Å². The molecule has 1 heterocycles. The van der Waals surface area contributed by atoms with Gasteiger partial charge in [-0.1, -0.05) is 0 Å². The lowest BCUT2D eigenvalue weighted by atomic mass is 10.0. The molecule has 0 unspecified atom stereocenters. The van der Waals surface area contributed by atoms with Gasteiger partial charge in [0.05, 0.1) is 12.7 Å². The fourth-order valence-corrected chi connectivity index (χ4v) is 2.50. The molecule has 1 aromatic carbocycles. The molecule has 2 N–H and O–H groups in total. The van der Waals surface area contributed by atoms with Crippen LogP contribution in [-0.2, 0) is 25.5 Å². The molecule has 1 aromatic heterocycles. The zero-order valence-corrected chi connectivity index (χ0v) is 15.5. The van der Waals surface area contributed by atoms with E-state index in [9.17, 15) is 14.4 Å². The first kappa shape index (κ1) is 19.5. The molecule has 2 aromatic rings. The summed E-state index contributed by atoms with van der Waals surface area (Å²) in [6.45, 7) is 7.38. The van der Waals surface area contributed by atoms with E-state index in [0.717, 1.165) is 16.5 Å². The standard InChI is InChI=1S/C19H24N2O5/c1-5-20-19(24)13(4)21-17(22)10-26-18(23)8-14-9-25-16-7-12(3)11(2)6-15(14)16/h6-7,9,13H,5,8,10H2,1-4H3,(H,20,24)(H,21,22)/t13-/m1/s1. The molecule has 0 fully saturated rings. The van der Waals surface area contributed by atoms with Crippen molar-refractivity contribution in [3.8, 4) is 0 Å². The Hall–Kier alpha value is -2.83. The van der Waals surface area contributed by atoms with Gasteiger partial charge < -0.3 is 19.8 Å². The minimum Gasteiger partial charge on any atom is -0.464 e. The zero-order chi connectivity index (χ0) is 19.3. The van der Waals surface area contributed by atoms with Crippen LogP contribution in [0, 0.1) is 13.8 Å². The number of hydrogen-bond donors (Lipinski definition) is 2. The number of carbonyl (C=O) groups is 3. The summed E-state index contributed by atoms with van der Waals surface area (Å²) >= 11 is 0. The van der Waals surface area contributed by atoms with E-state index in [1.54, 1.807) is 13.8 Å². The van der Waals surface area contributed by atoms with Crippen molar-refractivity contribution in [2.24, 2.45) is 0 Å². The first-order chi connectivity index (χ1) is 12.3. The number of aryl methyl sites for hydroxylation is 2. The number of ether oxygens (including phenoxy) is 1. The molecule has 0 saturated heterocycles. The summed E-state index contributed by atoms with van der Waals surface area (Å²) < 4.78 is 10.5. The fourth-order valence-electron chi connectivity index (χ4n) is 2.50. The van der Waals surface area contributed by atoms with Crippen LogP contribution in [0.4, 0.5) is 0 Å². The number of furan rings is 1. The van der Waals surface area contributed by atoms with E-state index in [-0.39, 0.29) is 12.3 Å². The lowest BCUT2D eigenvalue weighted by molar-refractivity contribution is -0.148. The smallest absolute Gasteiger partial charge is 0.310 e. The van der Waals surface area contributed by atoms with Gasteiger partial charge in [0.1, 0.15) is 11.6 Å². The van der Waals surface area contributed by atoms with E-state index < -0.39 is 24.5 Å². The van der Waals surface area contributed by atoms with Crippen LogP contribution in [0.1, 0.15) is 30.5 Å². The monoisotopic (exact) mass is 360 g/mol. The van der Waals surface area contributed by atoms with Gasteiger partial charge in [-0.15, -0.1) is 0 Å². The molecule has 0 aliphatic carbocycles. The average molecular weight is 360 g/mol. The van der Waals surface area contributed by atoms with Gasteiger partial charge in [-0.2, -0.15) is 0 Å². The van der Waals surface area contributed by atoms with Gasteiger partial charge in [0.2, 0.25) is 5.91 Å². The highest BCUT2D eigenvalue weighted by molar-refractivity contribution is 5.89. The zero-order valence-electron chi connectivity index (χ0n) is 15.5. The molecule has 2 amide bonds. The molecule has 0 aliphatic rings. The van der Waals surface area contributed by atoms with E-state index in [1.807, 2.05) is 26.0 Å². The number of amides is 2. The summed E-state index contributed by atoms with van der Waals surface area (Å²) in [5, 5.41) is 5.93. The van der Waals surface area contributed by atoms with E-state index in [1.165, 1.54) is 6.26 Å². The molecule has 0 aliphatic heterocycles. The molecule has 0 saturated carbocycles. The molecular formula is C19H24N2O5. The summed E-state index contributed by atoms with van der Waals surface area (Å²) in [5.74, 6) is -1.35. The summed E-state index contributed by atoms with van der Waals surface area (Å²) in [6, 6.07) is 3.21. The SMILES string of the molecule is CCNC(=O)[C@@H](C)NC(=O)COC(=O)Cc1coc2cc(C)c(C)cc12. The lowest BCUT2D eigenvalue weighted by Crippen LogP contribution is -2.46. The highest BCUT2D eigenvalue weighted by Gasteiger charge is 2.17. The predicted octanol–water partition coefficient (Wildman–Crippen LogP) is 1.78. The van der Waals surface area contributed by atoms with Crippen LogP contribution in [-0.4, -0.2) is 37.0 Å². The lowest BCUT2D eigenvalue weighted by Gasteiger charge is -2.13. The molecular weight excluding hydrogens is 336 g/mol. The Labute approximate surface area is 152 Å². The molecule has 1 atom stereocenters. The van der Waals surface area contributed by atoms with Crippen molar-refractivity contribution in [1.29, 1.82) is 0 Å². The van der Waals surface area contributed by atoms with Crippen LogP contribution < -0.4 is 10.6 Å². The van der Waals surface area contributed by atoms with Crippen LogP contribution in [0.15, 0.2) is 22.8 Å². The number of likely N-dealkylation sites (N-methyl/N-ethyl adjacent to an activating group) is 1. The Kier molecular flexibility index (Phi) is 6.38. The summed E-state index contributed by atoms with van der Waals surface area (Å²) in [6.07, 6.45) is 1.54. The third-order valence-corrected chi connectivity index (χ3v) is 4.09. The average Bonchev–Trinajstić information content (AvgIpc) is 2.95. The van der Waals surface area contributed by atoms with Crippen molar-refractivity contribution in [2.45, 2.75) is 40.2 Å². The maximum Gasteiger partial charge on any atom is 0.310 e. The van der Waals surface area contributed by atoms with Gasteiger partial charge in [0, 0.05) is 17.5 Å². The van der Waals surface area contributed by atoms with Crippen molar-refractivity contribution in [2.75, 3.05) is 13.2 Å². The van der Waals surface area contributed by atoms with Gasteiger partial charge in [-0.3, -0.25) is 14.4 Å². The Morgan fingerprint density at radius 3 is 2.58 bits per heavy atom. The third-order valence-electron chi connectivity index (χ3n) is 4.09. The maximum atomic E-state index is 12.0. The summed E-state index contributed by atoms with van der Waals surface area (Å²) in [7, 11) is 0. The number of nitrogens with one attached hydrogen (secondary N) is 2. The second-order valence-corrected chi connectivity index (χ2v) is 6.21. The number of hydrogen-bond acceptors (Lipinski definition) is 5. The molecule has 0 bridgehead atoms. The first-order valence-corrected chi connectivity index (χ1v) is 8.51. The third kappa shape index (κ3) is 4.84. The number of fused-ring (bicyclic) bond motifs is 1. The quantitative estimate of drug-likeness (QED) is 0.734. The number of esters is 1. The van der Waals surface area contributed by atoms with Crippen LogP contribution >= 0.6 is 0 Å². The molecule has 7 nitrogen and oxygen atoms in total. The topological polar surface area (TPSA) is 97.6 Å². The molecule has 7 heteroatoms. The highest BCUT2D eigenvalue weighted by Crippen LogP contribution is 2.25. The molecule has 26 heavy (non-hydrogen) atoms. The van der Waals surface area contributed by atoms with Gasteiger partial charge >= 0.3 is 5.97 Å². The van der Waals surface area contributed by atoms with Gasteiger partial charge in [-0.05, 0) is 51.0 Å². The summed E-state index contributed by atoms with van der Waals surface area (Å²) in [4.78, 5) is 35.3. The van der Waals surface area contributed by atoms with Crippen molar-refractivity contribution in [1.82, 2.24) is 10.6 Å². The van der Waals surface area contributed by atoms with Crippen LogP contribution in [0.3, 0.4) is 0 Å². The minimum atomic E-state index is -0.690. The Morgan fingerprint density at radius 1 is 1.19 bits per heavy atom. The van der Waals surface area contributed by atoms with E-state index in [0.29, 0.717) is 17.7 Å². The van der Waals surface area contributed by atoms with Gasteiger partial charge in [-0.25, -0.2) is 0 Å². The molecule has 2 rings (SSSR count).